The van der Waals surface area contributed by atoms with E-state index in [2.05, 4.69) is 27.0 Å². The van der Waals surface area contributed by atoms with E-state index in [1.165, 1.54) is 5.56 Å². The van der Waals surface area contributed by atoms with Crippen LogP contribution < -0.4 is 15.4 Å². The maximum absolute atomic E-state index is 5.65. The van der Waals surface area contributed by atoms with Crippen molar-refractivity contribution in [3.8, 4) is 5.88 Å². The lowest BCUT2D eigenvalue weighted by atomic mass is 10.2. The third-order valence-electron chi connectivity index (χ3n) is 3.18. The Balaban J connectivity index is 2.24. The number of nitrogens with zero attached hydrogens (tertiary/aromatic N) is 3. The topological polar surface area (TPSA) is 64.3 Å². The average Bonchev–Trinajstić information content (AvgIpc) is 2.51. The molecule has 1 aromatic heterocycles. The molecule has 2 aromatic rings. The second kappa shape index (κ2) is 7.59. The lowest BCUT2D eigenvalue weighted by Crippen LogP contribution is -2.27. The van der Waals surface area contributed by atoms with Gasteiger partial charge in [0.05, 0.1) is 7.11 Å². The molecule has 0 aliphatic heterocycles. The number of rotatable bonds is 7. The molecule has 5 heteroatoms. The molecule has 0 unspecified atom stereocenters. The Morgan fingerprint density at radius 1 is 1.19 bits per heavy atom. The van der Waals surface area contributed by atoms with Crippen LogP contribution in [0.15, 0.2) is 36.4 Å². The molecule has 0 amide bonds. The number of hydrogen-bond donors (Lipinski definition) is 1. The van der Waals surface area contributed by atoms with E-state index in [1.807, 2.05) is 31.2 Å². The predicted molar refractivity (Wildman–Crippen MR) is 84.5 cm³/mol. The molecule has 21 heavy (non-hydrogen) atoms. The SMILES string of the molecule is COc1cc(N(CCCN)Cc2ccccc2)nc(C)n1. The molecule has 5 nitrogen and oxygen atoms in total. The molecule has 2 N–H and O–H groups in total. The summed E-state index contributed by atoms with van der Waals surface area (Å²) in [6.45, 7) is 4.17. The number of hydrogen-bond acceptors (Lipinski definition) is 5. The van der Waals surface area contributed by atoms with Gasteiger partial charge in [0.1, 0.15) is 11.6 Å². The lowest BCUT2D eigenvalue weighted by molar-refractivity contribution is 0.395. The highest BCUT2D eigenvalue weighted by molar-refractivity contribution is 5.42. The van der Waals surface area contributed by atoms with Crippen LogP contribution in [0.5, 0.6) is 5.88 Å². The van der Waals surface area contributed by atoms with Gasteiger partial charge in [0.2, 0.25) is 5.88 Å². The van der Waals surface area contributed by atoms with Crippen LogP contribution in [0.4, 0.5) is 5.82 Å². The van der Waals surface area contributed by atoms with Crippen LogP contribution >= 0.6 is 0 Å². The number of aryl methyl sites for hydroxylation is 1. The fraction of sp³-hybridized carbons (Fsp3) is 0.375. The van der Waals surface area contributed by atoms with E-state index in [1.54, 1.807) is 7.11 Å². The molecule has 0 radical (unpaired) electrons. The van der Waals surface area contributed by atoms with E-state index in [9.17, 15) is 0 Å². The van der Waals surface area contributed by atoms with Crippen molar-refractivity contribution in [2.75, 3.05) is 25.1 Å². The standard InChI is InChI=1S/C16H22N4O/c1-13-18-15(11-16(19-13)21-2)20(10-6-9-17)12-14-7-4-3-5-8-14/h3-5,7-8,11H,6,9-10,12,17H2,1-2H3. The zero-order valence-corrected chi connectivity index (χ0v) is 12.6. The zero-order valence-electron chi connectivity index (χ0n) is 12.6. The van der Waals surface area contributed by atoms with Gasteiger partial charge in [-0.15, -0.1) is 0 Å². The molecule has 0 saturated carbocycles. The Labute approximate surface area is 125 Å². The monoisotopic (exact) mass is 286 g/mol. The van der Waals surface area contributed by atoms with Gasteiger partial charge in [-0.3, -0.25) is 0 Å². The van der Waals surface area contributed by atoms with Crippen LogP contribution in [0.2, 0.25) is 0 Å². The third kappa shape index (κ3) is 4.43. The molecule has 1 heterocycles. The van der Waals surface area contributed by atoms with Crippen LogP contribution in [-0.2, 0) is 6.54 Å². The molecule has 0 spiro atoms. The third-order valence-corrected chi connectivity index (χ3v) is 3.18. The van der Waals surface area contributed by atoms with Crippen LogP contribution in [0.25, 0.3) is 0 Å². The fourth-order valence-electron chi connectivity index (χ4n) is 2.15. The van der Waals surface area contributed by atoms with Crippen molar-refractivity contribution in [1.29, 1.82) is 0 Å². The van der Waals surface area contributed by atoms with Crippen LogP contribution in [0.3, 0.4) is 0 Å². The molecular weight excluding hydrogens is 264 g/mol. The number of benzene rings is 1. The summed E-state index contributed by atoms with van der Waals surface area (Å²) >= 11 is 0. The second-order valence-corrected chi connectivity index (χ2v) is 4.87. The van der Waals surface area contributed by atoms with E-state index in [4.69, 9.17) is 10.5 Å². The molecule has 0 fully saturated rings. The molecule has 0 bridgehead atoms. The zero-order chi connectivity index (χ0) is 15.1. The molecule has 1 aromatic carbocycles. The molecule has 0 aliphatic rings. The largest absolute Gasteiger partial charge is 0.481 e. The first-order chi connectivity index (χ1) is 10.2. The summed E-state index contributed by atoms with van der Waals surface area (Å²) in [6, 6.07) is 12.2. The molecule has 2 rings (SSSR count). The number of ether oxygens (including phenoxy) is 1. The van der Waals surface area contributed by atoms with Gasteiger partial charge in [0, 0.05) is 19.2 Å². The maximum atomic E-state index is 5.65. The van der Waals surface area contributed by atoms with Crippen LogP contribution in [0, 0.1) is 6.92 Å². The Morgan fingerprint density at radius 2 is 1.95 bits per heavy atom. The number of anilines is 1. The Kier molecular flexibility index (Phi) is 5.51. The van der Waals surface area contributed by atoms with Crippen LogP contribution in [-0.4, -0.2) is 30.2 Å². The van der Waals surface area contributed by atoms with E-state index >= 15 is 0 Å². The second-order valence-electron chi connectivity index (χ2n) is 4.87. The van der Waals surface area contributed by atoms with Gasteiger partial charge >= 0.3 is 0 Å². The Hall–Kier alpha value is -2.14. The average molecular weight is 286 g/mol. The lowest BCUT2D eigenvalue weighted by Gasteiger charge is -2.24. The summed E-state index contributed by atoms with van der Waals surface area (Å²) in [5.41, 5.74) is 6.89. The predicted octanol–water partition coefficient (Wildman–Crippen LogP) is 2.15. The minimum atomic E-state index is 0.586. The van der Waals surface area contributed by atoms with Gasteiger partial charge in [-0.1, -0.05) is 30.3 Å². The quantitative estimate of drug-likeness (QED) is 0.845. The van der Waals surface area contributed by atoms with Gasteiger partial charge in [0.15, 0.2) is 0 Å². The first kappa shape index (κ1) is 15.3. The van der Waals surface area contributed by atoms with Crippen LogP contribution in [0.1, 0.15) is 17.8 Å². The summed E-state index contributed by atoms with van der Waals surface area (Å²) in [5, 5.41) is 0. The number of methoxy groups -OCH3 is 1. The summed E-state index contributed by atoms with van der Waals surface area (Å²) in [6.07, 6.45) is 0.915. The summed E-state index contributed by atoms with van der Waals surface area (Å²) in [4.78, 5) is 11.0. The number of aromatic nitrogens is 2. The number of nitrogens with two attached hydrogens (primary N) is 1. The van der Waals surface area contributed by atoms with E-state index in [-0.39, 0.29) is 0 Å². The van der Waals surface area contributed by atoms with Crippen molar-refractivity contribution >= 4 is 5.82 Å². The van der Waals surface area contributed by atoms with Crippen molar-refractivity contribution in [3.05, 3.63) is 47.8 Å². The first-order valence-electron chi connectivity index (χ1n) is 7.11. The van der Waals surface area contributed by atoms with Gasteiger partial charge in [-0.2, -0.15) is 4.98 Å². The van der Waals surface area contributed by atoms with Gasteiger partial charge < -0.3 is 15.4 Å². The van der Waals surface area contributed by atoms with Crippen molar-refractivity contribution in [1.82, 2.24) is 9.97 Å². The highest BCUT2D eigenvalue weighted by atomic mass is 16.5. The first-order valence-corrected chi connectivity index (χ1v) is 7.11. The Bertz CT molecular complexity index is 559. The normalized spacial score (nSPS) is 10.4. The Morgan fingerprint density at radius 3 is 2.62 bits per heavy atom. The highest BCUT2D eigenvalue weighted by Gasteiger charge is 2.11. The summed E-state index contributed by atoms with van der Waals surface area (Å²) < 4.78 is 5.24. The molecule has 0 saturated heterocycles. The molecular formula is C16H22N4O. The van der Waals surface area contributed by atoms with Gasteiger partial charge in [-0.25, -0.2) is 4.98 Å². The molecule has 0 aliphatic carbocycles. The van der Waals surface area contributed by atoms with Gasteiger partial charge in [0.25, 0.3) is 0 Å². The van der Waals surface area contributed by atoms with Crippen molar-refractivity contribution < 1.29 is 4.74 Å². The molecule has 112 valence electrons. The minimum Gasteiger partial charge on any atom is -0.481 e. The van der Waals surface area contributed by atoms with Crippen molar-refractivity contribution in [2.45, 2.75) is 19.9 Å². The molecule has 0 atom stereocenters. The van der Waals surface area contributed by atoms with E-state index in [0.29, 0.717) is 18.2 Å². The van der Waals surface area contributed by atoms with Crippen molar-refractivity contribution in [3.63, 3.8) is 0 Å². The summed E-state index contributed by atoms with van der Waals surface area (Å²) in [5.74, 6) is 2.16. The fourth-order valence-corrected chi connectivity index (χ4v) is 2.15. The van der Waals surface area contributed by atoms with E-state index < -0.39 is 0 Å². The van der Waals surface area contributed by atoms with E-state index in [0.717, 1.165) is 25.3 Å². The minimum absolute atomic E-state index is 0.586. The smallest absolute Gasteiger partial charge is 0.218 e. The van der Waals surface area contributed by atoms with Gasteiger partial charge in [-0.05, 0) is 25.5 Å². The highest BCUT2D eigenvalue weighted by Crippen LogP contribution is 2.19. The maximum Gasteiger partial charge on any atom is 0.218 e. The summed E-state index contributed by atoms with van der Waals surface area (Å²) in [7, 11) is 1.62. The van der Waals surface area contributed by atoms with Crippen molar-refractivity contribution in [2.24, 2.45) is 5.73 Å².